The van der Waals surface area contributed by atoms with Crippen molar-refractivity contribution in [2.45, 2.75) is 106 Å². The van der Waals surface area contributed by atoms with E-state index in [1.807, 2.05) is 25.2 Å². The highest BCUT2D eigenvalue weighted by Gasteiger charge is 2.69. The van der Waals surface area contributed by atoms with Gasteiger partial charge in [0.25, 0.3) is 0 Å². The van der Waals surface area contributed by atoms with Gasteiger partial charge in [-0.1, -0.05) is 68.9 Å². The molecule has 3 fully saturated rings. The van der Waals surface area contributed by atoms with Crippen LogP contribution in [-0.4, -0.2) is 48.8 Å². The molecule has 5 rings (SSSR count). The highest BCUT2D eigenvalue weighted by Crippen LogP contribution is 2.69. The lowest BCUT2D eigenvalue weighted by atomic mass is 9.42. The zero-order chi connectivity index (χ0) is 36.6. The predicted octanol–water partition coefficient (Wildman–Crippen LogP) is 8.29. The quantitative estimate of drug-likeness (QED) is 0.121. The molecule has 1 aromatic rings. The van der Waals surface area contributed by atoms with Gasteiger partial charge in [-0.05, 0) is 118 Å². The van der Waals surface area contributed by atoms with Crippen LogP contribution < -0.4 is 4.74 Å². The van der Waals surface area contributed by atoms with Crippen LogP contribution >= 0.6 is 0 Å². The summed E-state index contributed by atoms with van der Waals surface area (Å²) in [6, 6.07) is 2.05. The Morgan fingerprint density at radius 1 is 1.06 bits per heavy atom. The molecule has 1 spiro atoms. The van der Waals surface area contributed by atoms with Crippen LogP contribution in [0.1, 0.15) is 95.4 Å². The SMILES string of the molecule is COc1cc(C)c(/C=C/C(C)=C/C=C/C(C)=C/C(=O)OCC(=O)O[C@@H]2C[C@@]3(C=CC3)[C@@H](O)[C@H](C)C34CCC(=O)[C@H]3C2(C)CC[C@H]4C)c(C)c1C. The number of aliphatic hydroxyl groups excluding tert-OH is 1. The van der Waals surface area contributed by atoms with Gasteiger partial charge in [0.05, 0.1) is 13.2 Å². The molecule has 2 bridgehead atoms. The van der Waals surface area contributed by atoms with Gasteiger partial charge >= 0.3 is 11.9 Å². The van der Waals surface area contributed by atoms with Crippen LogP contribution in [-0.2, 0) is 23.9 Å². The van der Waals surface area contributed by atoms with Crippen molar-refractivity contribution in [3.05, 3.63) is 82.0 Å². The minimum Gasteiger partial charge on any atom is -0.496 e. The highest BCUT2D eigenvalue weighted by atomic mass is 16.6. The maximum Gasteiger partial charge on any atom is 0.344 e. The molecular weight excluding hydrogens is 628 g/mol. The number of carbonyl (C=O) groups is 3. The van der Waals surface area contributed by atoms with E-state index in [9.17, 15) is 19.5 Å². The third-order valence-corrected chi connectivity index (χ3v) is 13.0. The molecule has 0 radical (unpaired) electrons. The van der Waals surface area contributed by atoms with Crippen LogP contribution in [0.15, 0.2) is 59.7 Å². The van der Waals surface area contributed by atoms with Crippen LogP contribution in [0, 0.1) is 54.8 Å². The smallest absolute Gasteiger partial charge is 0.344 e. The van der Waals surface area contributed by atoms with Gasteiger partial charge in [-0.15, -0.1) is 0 Å². The molecule has 4 aliphatic rings. The third-order valence-electron chi connectivity index (χ3n) is 13.0. The molecule has 0 aliphatic heterocycles. The average molecular weight is 685 g/mol. The molecule has 1 N–H and O–H groups in total. The van der Waals surface area contributed by atoms with Gasteiger partial charge in [0.15, 0.2) is 6.61 Å². The second-order valence-corrected chi connectivity index (χ2v) is 15.9. The Morgan fingerprint density at radius 3 is 2.44 bits per heavy atom. The lowest BCUT2D eigenvalue weighted by Crippen LogP contribution is -2.64. The molecule has 3 saturated carbocycles. The van der Waals surface area contributed by atoms with E-state index in [-0.39, 0.29) is 29.0 Å². The second-order valence-electron chi connectivity index (χ2n) is 15.9. The lowest BCUT2D eigenvalue weighted by Gasteiger charge is -2.63. The molecule has 7 heteroatoms. The zero-order valence-corrected chi connectivity index (χ0v) is 31.4. The Hall–Kier alpha value is -3.71. The van der Waals surface area contributed by atoms with Crippen LogP contribution in [0.25, 0.3) is 6.08 Å². The number of benzene rings is 1. The Labute approximate surface area is 298 Å². The van der Waals surface area contributed by atoms with Gasteiger partial charge in [0.1, 0.15) is 17.6 Å². The number of carbonyl (C=O) groups excluding carboxylic acids is 3. The summed E-state index contributed by atoms with van der Waals surface area (Å²) in [6.07, 6.45) is 18.2. The first kappa shape index (κ1) is 37.5. The van der Waals surface area contributed by atoms with Gasteiger partial charge in [0.2, 0.25) is 0 Å². The van der Waals surface area contributed by atoms with Gasteiger partial charge in [-0.25, -0.2) is 9.59 Å². The zero-order valence-electron chi connectivity index (χ0n) is 31.4. The number of ketones is 1. The number of aliphatic hydroxyl groups is 1. The number of aryl methyl sites for hydroxylation is 1. The maximum absolute atomic E-state index is 13.6. The Bertz CT molecular complexity index is 1680. The fourth-order valence-corrected chi connectivity index (χ4v) is 9.88. The number of allylic oxidation sites excluding steroid dienone is 7. The van der Waals surface area contributed by atoms with Crippen molar-refractivity contribution in [1.82, 2.24) is 0 Å². The molecule has 7 nitrogen and oxygen atoms in total. The standard InChI is InChI=1S/C43H56O7/c1-26(14-15-33-28(3)23-35(48-9)31(6)30(33)5)12-10-13-27(2)22-37(45)49-25-38(46)50-36-24-42(18-11-19-42)40(47)32(7)43-21-17-34(44)39(43)41(36,8)20-16-29(43)4/h10-15,18,22-23,29,32,36,39-40,47H,16-17,19-21,24-25H2,1-9H3/b13-10+,15-14+,26-12+,27-22+/t29-,32+,36-,39+,40+,41?,42+,43?/m1/s1. The molecule has 8 atom stereocenters. The fraction of sp³-hybridized carbons (Fsp3) is 0.558. The first-order valence-electron chi connectivity index (χ1n) is 18.2. The fourth-order valence-electron chi connectivity index (χ4n) is 9.88. The minimum atomic E-state index is -0.634. The number of rotatable bonds is 9. The Kier molecular flexibility index (Phi) is 10.9. The van der Waals surface area contributed by atoms with Crippen LogP contribution in [0.4, 0.5) is 0 Å². The summed E-state index contributed by atoms with van der Waals surface area (Å²) in [6.45, 7) is 16.0. The number of methoxy groups -OCH3 is 1. The van der Waals surface area contributed by atoms with Crippen molar-refractivity contribution in [1.29, 1.82) is 0 Å². The van der Waals surface area contributed by atoms with Crippen LogP contribution in [0.2, 0.25) is 0 Å². The summed E-state index contributed by atoms with van der Waals surface area (Å²) in [5.74, 6) is -0.202. The molecule has 1 aromatic carbocycles. The van der Waals surface area contributed by atoms with Gasteiger partial charge in [-0.3, -0.25) is 4.79 Å². The largest absolute Gasteiger partial charge is 0.496 e. The van der Waals surface area contributed by atoms with E-state index in [1.165, 1.54) is 17.2 Å². The maximum atomic E-state index is 13.6. The van der Waals surface area contributed by atoms with Gasteiger partial charge in [-0.2, -0.15) is 0 Å². The molecule has 2 unspecified atom stereocenters. The van der Waals surface area contributed by atoms with Crippen molar-refractivity contribution >= 4 is 23.8 Å². The molecule has 0 aromatic heterocycles. The Balaban J connectivity index is 1.22. The topological polar surface area (TPSA) is 99.1 Å². The number of hydrogen-bond acceptors (Lipinski definition) is 7. The second kappa shape index (κ2) is 14.5. The molecule has 0 heterocycles. The third kappa shape index (κ3) is 6.70. The average Bonchev–Trinajstić information content (AvgIpc) is 3.42. The lowest BCUT2D eigenvalue weighted by molar-refractivity contribution is -0.210. The summed E-state index contributed by atoms with van der Waals surface area (Å²) in [4.78, 5) is 39.6. The van der Waals surface area contributed by atoms with Crippen molar-refractivity contribution in [3.63, 3.8) is 0 Å². The van der Waals surface area contributed by atoms with Crippen LogP contribution in [0.3, 0.4) is 0 Å². The van der Waals surface area contributed by atoms with E-state index in [2.05, 4.69) is 71.9 Å². The van der Waals surface area contributed by atoms with Crippen LogP contribution in [0.5, 0.6) is 5.75 Å². The van der Waals surface area contributed by atoms with Crippen molar-refractivity contribution in [2.75, 3.05) is 13.7 Å². The number of hydrogen-bond donors (Lipinski definition) is 1. The summed E-state index contributed by atoms with van der Waals surface area (Å²) in [5.41, 5.74) is 4.96. The first-order valence-corrected chi connectivity index (χ1v) is 18.2. The Morgan fingerprint density at radius 2 is 1.78 bits per heavy atom. The molecular formula is C43H56O7. The van der Waals surface area contributed by atoms with E-state index >= 15 is 0 Å². The summed E-state index contributed by atoms with van der Waals surface area (Å²) in [7, 11) is 1.69. The van der Waals surface area contributed by atoms with Crippen molar-refractivity contribution < 1.29 is 33.7 Å². The van der Waals surface area contributed by atoms with E-state index < -0.39 is 41.6 Å². The first-order chi connectivity index (χ1) is 23.6. The van der Waals surface area contributed by atoms with Gasteiger partial charge < -0.3 is 19.3 Å². The summed E-state index contributed by atoms with van der Waals surface area (Å²) in [5, 5.41) is 11.8. The van der Waals surface area contributed by atoms with Crippen molar-refractivity contribution in [2.24, 2.45) is 34.0 Å². The molecule has 0 saturated heterocycles. The van der Waals surface area contributed by atoms with E-state index in [4.69, 9.17) is 14.2 Å². The van der Waals surface area contributed by atoms with E-state index in [0.29, 0.717) is 24.8 Å². The summed E-state index contributed by atoms with van der Waals surface area (Å²) >= 11 is 0. The van der Waals surface area contributed by atoms with Gasteiger partial charge in [0, 0.05) is 29.2 Å². The number of esters is 2. The normalized spacial score (nSPS) is 34.0. The van der Waals surface area contributed by atoms with E-state index in [1.54, 1.807) is 14.0 Å². The predicted molar refractivity (Wildman–Crippen MR) is 196 cm³/mol. The highest BCUT2D eigenvalue weighted by molar-refractivity contribution is 5.86. The van der Waals surface area contributed by atoms with Crippen molar-refractivity contribution in [3.8, 4) is 5.75 Å². The molecule has 270 valence electrons. The molecule has 50 heavy (non-hydrogen) atoms. The monoisotopic (exact) mass is 684 g/mol. The number of ether oxygens (including phenoxy) is 3. The minimum absolute atomic E-state index is 0.0479. The van der Waals surface area contributed by atoms with E-state index in [0.717, 1.165) is 41.7 Å². The summed E-state index contributed by atoms with van der Waals surface area (Å²) < 4.78 is 17.0. The molecule has 0 amide bonds. The number of Topliss-reactive ketones (excluding diaryl/α,β-unsaturated/α-hetero) is 1. The molecule has 4 aliphatic carbocycles.